The maximum Gasteiger partial charge on any atom is 0.134 e. The predicted octanol–water partition coefficient (Wildman–Crippen LogP) is 6.14. The number of rotatable bonds is 4. The zero-order chi connectivity index (χ0) is 16.4. The van der Waals surface area contributed by atoms with E-state index in [2.05, 4.69) is 37.4 Å². The predicted molar refractivity (Wildman–Crippen MR) is 97.1 cm³/mol. The van der Waals surface area contributed by atoms with E-state index in [1.807, 2.05) is 37.3 Å². The molecule has 118 valence electrons. The number of hydrogen-bond donors (Lipinski definition) is 1. The molecule has 3 heteroatoms. The summed E-state index contributed by atoms with van der Waals surface area (Å²) >= 11 is 6.19. The lowest BCUT2D eigenvalue weighted by molar-refractivity contribution is 0.531. The molecule has 1 heterocycles. The standard InChI is InChI=1S/C20H20ClNO/c1-13-5-7-17(10-15(13)3)22-12-18-8-9-20(23-18)16-6-4-14(2)19(21)11-16/h4-11,22H,12H2,1-3H3. The number of halogens is 1. The van der Waals surface area contributed by atoms with E-state index in [0.29, 0.717) is 6.54 Å². The SMILES string of the molecule is Cc1ccc(NCc2ccc(-c3ccc(C)c(Cl)c3)o2)cc1C. The first-order chi connectivity index (χ1) is 11.0. The lowest BCUT2D eigenvalue weighted by Gasteiger charge is -2.07. The van der Waals surface area contributed by atoms with Crippen molar-refractivity contribution >= 4 is 17.3 Å². The Morgan fingerprint density at radius 2 is 1.65 bits per heavy atom. The molecule has 0 aliphatic heterocycles. The molecule has 3 aromatic rings. The maximum atomic E-state index is 6.19. The van der Waals surface area contributed by atoms with Crippen molar-refractivity contribution in [3.8, 4) is 11.3 Å². The average Bonchev–Trinajstić information content (AvgIpc) is 3.00. The van der Waals surface area contributed by atoms with E-state index in [9.17, 15) is 0 Å². The number of furan rings is 1. The number of nitrogens with one attached hydrogen (secondary N) is 1. The molecule has 0 radical (unpaired) electrons. The summed E-state index contributed by atoms with van der Waals surface area (Å²) in [5.74, 6) is 1.73. The van der Waals surface area contributed by atoms with Gasteiger partial charge >= 0.3 is 0 Å². The molecule has 0 saturated heterocycles. The summed E-state index contributed by atoms with van der Waals surface area (Å²) in [6, 6.07) is 16.3. The first kappa shape index (κ1) is 15.7. The molecular formula is C20H20ClNO. The smallest absolute Gasteiger partial charge is 0.134 e. The van der Waals surface area contributed by atoms with E-state index < -0.39 is 0 Å². The zero-order valence-electron chi connectivity index (χ0n) is 13.6. The largest absolute Gasteiger partial charge is 0.459 e. The molecule has 0 aliphatic rings. The van der Waals surface area contributed by atoms with Crippen molar-refractivity contribution in [3.63, 3.8) is 0 Å². The van der Waals surface area contributed by atoms with Gasteiger partial charge in [0.2, 0.25) is 0 Å². The molecular weight excluding hydrogens is 306 g/mol. The number of aryl methyl sites for hydroxylation is 3. The number of benzene rings is 2. The van der Waals surface area contributed by atoms with Gasteiger partial charge < -0.3 is 9.73 Å². The highest BCUT2D eigenvalue weighted by Gasteiger charge is 2.07. The van der Waals surface area contributed by atoms with Gasteiger partial charge in [0.15, 0.2) is 0 Å². The van der Waals surface area contributed by atoms with E-state index in [0.717, 1.165) is 33.4 Å². The topological polar surface area (TPSA) is 25.2 Å². The quantitative estimate of drug-likeness (QED) is 0.623. The zero-order valence-corrected chi connectivity index (χ0v) is 14.4. The molecule has 0 bridgehead atoms. The van der Waals surface area contributed by atoms with Crippen LogP contribution in [0.15, 0.2) is 52.9 Å². The fourth-order valence-electron chi connectivity index (χ4n) is 2.41. The van der Waals surface area contributed by atoms with Crippen molar-refractivity contribution in [2.45, 2.75) is 27.3 Å². The summed E-state index contributed by atoms with van der Waals surface area (Å²) in [6.07, 6.45) is 0. The summed E-state index contributed by atoms with van der Waals surface area (Å²) in [7, 11) is 0. The van der Waals surface area contributed by atoms with E-state index in [-0.39, 0.29) is 0 Å². The molecule has 1 aromatic heterocycles. The minimum absolute atomic E-state index is 0.655. The van der Waals surface area contributed by atoms with Crippen molar-refractivity contribution in [2.24, 2.45) is 0 Å². The molecule has 3 rings (SSSR count). The van der Waals surface area contributed by atoms with E-state index >= 15 is 0 Å². The highest BCUT2D eigenvalue weighted by Crippen LogP contribution is 2.27. The van der Waals surface area contributed by atoms with Crippen molar-refractivity contribution in [1.82, 2.24) is 0 Å². The first-order valence-electron chi connectivity index (χ1n) is 7.69. The molecule has 0 unspecified atom stereocenters. The van der Waals surface area contributed by atoms with E-state index in [1.165, 1.54) is 11.1 Å². The van der Waals surface area contributed by atoms with Crippen LogP contribution in [0.1, 0.15) is 22.5 Å². The Labute approximate surface area is 142 Å². The highest BCUT2D eigenvalue weighted by atomic mass is 35.5. The van der Waals surface area contributed by atoms with Crippen LogP contribution in [0.3, 0.4) is 0 Å². The normalized spacial score (nSPS) is 10.8. The van der Waals surface area contributed by atoms with Gasteiger partial charge in [-0.15, -0.1) is 0 Å². The molecule has 0 spiro atoms. The van der Waals surface area contributed by atoms with Crippen molar-refractivity contribution in [2.75, 3.05) is 5.32 Å². The van der Waals surface area contributed by atoms with Crippen LogP contribution in [0, 0.1) is 20.8 Å². The van der Waals surface area contributed by atoms with Crippen molar-refractivity contribution in [1.29, 1.82) is 0 Å². The summed E-state index contributed by atoms with van der Waals surface area (Å²) in [4.78, 5) is 0. The van der Waals surface area contributed by atoms with E-state index in [4.69, 9.17) is 16.0 Å². The minimum Gasteiger partial charge on any atom is -0.459 e. The van der Waals surface area contributed by atoms with Crippen LogP contribution in [0.2, 0.25) is 5.02 Å². The van der Waals surface area contributed by atoms with Gasteiger partial charge in [0.05, 0.1) is 6.54 Å². The molecule has 0 aliphatic carbocycles. The van der Waals surface area contributed by atoms with Gasteiger partial charge in [-0.3, -0.25) is 0 Å². The average molecular weight is 326 g/mol. The van der Waals surface area contributed by atoms with Gasteiger partial charge in [0.1, 0.15) is 11.5 Å². The molecule has 0 amide bonds. The van der Waals surface area contributed by atoms with Crippen LogP contribution in [0.25, 0.3) is 11.3 Å². The summed E-state index contributed by atoms with van der Waals surface area (Å²) < 4.78 is 5.92. The Kier molecular flexibility index (Phi) is 4.44. The Balaban J connectivity index is 1.71. The maximum absolute atomic E-state index is 6.19. The molecule has 0 atom stereocenters. The molecule has 2 nitrogen and oxygen atoms in total. The summed E-state index contributed by atoms with van der Waals surface area (Å²) in [5, 5.41) is 4.15. The lowest BCUT2D eigenvalue weighted by Crippen LogP contribution is -1.98. The number of hydrogen-bond acceptors (Lipinski definition) is 2. The molecule has 1 N–H and O–H groups in total. The second-order valence-corrected chi connectivity index (χ2v) is 6.29. The van der Waals surface area contributed by atoms with Crippen LogP contribution in [0.4, 0.5) is 5.69 Å². The van der Waals surface area contributed by atoms with Gasteiger partial charge in [-0.2, -0.15) is 0 Å². The fourth-order valence-corrected chi connectivity index (χ4v) is 2.60. The van der Waals surface area contributed by atoms with Gasteiger partial charge in [0, 0.05) is 16.3 Å². The second-order valence-electron chi connectivity index (χ2n) is 5.88. The minimum atomic E-state index is 0.655. The van der Waals surface area contributed by atoms with Gasteiger partial charge in [-0.05, 0) is 67.8 Å². The Morgan fingerprint density at radius 3 is 2.39 bits per heavy atom. The van der Waals surface area contributed by atoms with Crippen LogP contribution in [0.5, 0.6) is 0 Å². The molecule has 0 saturated carbocycles. The lowest BCUT2D eigenvalue weighted by atomic mass is 10.1. The van der Waals surface area contributed by atoms with Gasteiger partial charge in [-0.1, -0.05) is 29.8 Å². The Morgan fingerprint density at radius 1 is 0.870 bits per heavy atom. The first-order valence-corrected chi connectivity index (χ1v) is 8.07. The third-order valence-electron chi connectivity index (χ3n) is 4.09. The monoisotopic (exact) mass is 325 g/mol. The molecule has 23 heavy (non-hydrogen) atoms. The van der Waals surface area contributed by atoms with E-state index in [1.54, 1.807) is 0 Å². The highest BCUT2D eigenvalue weighted by molar-refractivity contribution is 6.31. The van der Waals surface area contributed by atoms with Crippen molar-refractivity contribution in [3.05, 3.63) is 76.0 Å². The second kappa shape index (κ2) is 6.51. The molecule has 0 fully saturated rings. The molecule has 2 aromatic carbocycles. The van der Waals surface area contributed by atoms with Crippen LogP contribution >= 0.6 is 11.6 Å². The Bertz CT molecular complexity index is 835. The number of anilines is 1. The third kappa shape index (κ3) is 3.59. The van der Waals surface area contributed by atoms with Crippen LogP contribution in [-0.2, 0) is 6.54 Å². The third-order valence-corrected chi connectivity index (χ3v) is 4.50. The van der Waals surface area contributed by atoms with Gasteiger partial charge in [0.25, 0.3) is 0 Å². The van der Waals surface area contributed by atoms with Gasteiger partial charge in [-0.25, -0.2) is 0 Å². The van der Waals surface area contributed by atoms with Crippen LogP contribution in [-0.4, -0.2) is 0 Å². The summed E-state index contributed by atoms with van der Waals surface area (Å²) in [5.41, 5.74) is 5.75. The Hall–Kier alpha value is -2.19. The van der Waals surface area contributed by atoms with Crippen LogP contribution < -0.4 is 5.32 Å². The fraction of sp³-hybridized carbons (Fsp3) is 0.200. The van der Waals surface area contributed by atoms with Crippen molar-refractivity contribution < 1.29 is 4.42 Å². The summed E-state index contributed by atoms with van der Waals surface area (Å²) in [6.45, 7) is 6.88.